The van der Waals surface area contributed by atoms with Crippen molar-refractivity contribution >= 4 is 23.4 Å². The Labute approximate surface area is 122 Å². The van der Waals surface area contributed by atoms with Gasteiger partial charge in [0, 0.05) is 12.6 Å². The first-order chi connectivity index (χ1) is 9.60. The number of halogens is 2. The fraction of sp³-hybridized carbons (Fsp3) is 0.286. The van der Waals surface area contributed by atoms with Gasteiger partial charge in [-0.3, -0.25) is 0 Å². The summed E-state index contributed by atoms with van der Waals surface area (Å²) in [5, 5.41) is 6.67. The molecule has 0 bridgehead atoms. The molecular formula is C14H16ClFN4. The zero-order valence-corrected chi connectivity index (χ0v) is 12.1. The third kappa shape index (κ3) is 3.57. The maximum absolute atomic E-state index is 12.9. The molecule has 0 fully saturated rings. The van der Waals surface area contributed by atoms with Crippen molar-refractivity contribution in [1.82, 2.24) is 9.97 Å². The first-order valence-electron chi connectivity index (χ1n) is 6.38. The SMILES string of the molecule is CCNc1ncc(Cl)c(NC(C)c2ccc(F)cc2)n1. The quantitative estimate of drug-likeness (QED) is 0.879. The van der Waals surface area contributed by atoms with Gasteiger partial charge in [0.25, 0.3) is 0 Å². The van der Waals surface area contributed by atoms with E-state index in [2.05, 4.69) is 20.6 Å². The monoisotopic (exact) mass is 294 g/mol. The summed E-state index contributed by atoms with van der Waals surface area (Å²) in [5.74, 6) is 0.815. The van der Waals surface area contributed by atoms with Gasteiger partial charge in [-0.1, -0.05) is 23.7 Å². The molecule has 0 spiro atoms. The standard InChI is InChI=1S/C14H16ClFN4/c1-3-17-14-18-8-12(15)13(20-14)19-9(2)10-4-6-11(16)7-5-10/h4-9H,3H2,1-2H3,(H2,17,18,19,20). The summed E-state index contributed by atoms with van der Waals surface area (Å²) in [6, 6.07) is 6.27. The molecule has 2 aromatic rings. The number of benzene rings is 1. The van der Waals surface area contributed by atoms with Crippen LogP contribution >= 0.6 is 11.6 Å². The summed E-state index contributed by atoms with van der Waals surface area (Å²) in [5.41, 5.74) is 0.950. The zero-order valence-electron chi connectivity index (χ0n) is 11.3. The molecular weight excluding hydrogens is 279 g/mol. The molecule has 1 aromatic heterocycles. The number of rotatable bonds is 5. The Morgan fingerprint density at radius 2 is 2.00 bits per heavy atom. The van der Waals surface area contributed by atoms with Gasteiger partial charge in [0.1, 0.15) is 10.8 Å². The highest BCUT2D eigenvalue weighted by molar-refractivity contribution is 6.32. The van der Waals surface area contributed by atoms with Crippen LogP contribution in [-0.2, 0) is 0 Å². The van der Waals surface area contributed by atoms with Crippen molar-refractivity contribution in [3.63, 3.8) is 0 Å². The van der Waals surface area contributed by atoms with Crippen molar-refractivity contribution in [3.8, 4) is 0 Å². The van der Waals surface area contributed by atoms with E-state index in [1.54, 1.807) is 18.3 Å². The molecule has 6 heteroatoms. The maximum Gasteiger partial charge on any atom is 0.224 e. The molecule has 2 rings (SSSR count). The van der Waals surface area contributed by atoms with Gasteiger partial charge in [-0.2, -0.15) is 4.98 Å². The van der Waals surface area contributed by atoms with Gasteiger partial charge in [0.15, 0.2) is 5.82 Å². The highest BCUT2D eigenvalue weighted by Gasteiger charge is 2.10. The summed E-state index contributed by atoms with van der Waals surface area (Å²) in [4.78, 5) is 8.38. The average Bonchev–Trinajstić information content (AvgIpc) is 2.43. The van der Waals surface area contributed by atoms with E-state index in [0.717, 1.165) is 12.1 Å². The minimum Gasteiger partial charge on any atom is -0.362 e. The first-order valence-corrected chi connectivity index (χ1v) is 6.76. The lowest BCUT2D eigenvalue weighted by Crippen LogP contribution is -2.10. The number of hydrogen-bond acceptors (Lipinski definition) is 4. The second-order valence-corrected chi connectivity index (χ2v) is 4.75. The molecule has 1 unspecified atom stereocenters. The summed E-state index contributed by atoms with van der Waals surface area (Å²) in [6.07, 6.45) is 1.55. The van der Waals surface area contributed by atoms with E-state index in [-0.39, 0.29) is 11.9 Å². The van der Waals surface area contributed by atoms with Crippen LogP contribution in [0.15, 0.2) is 30.5 Å². The maximum atomic E-state index is 12.9. The van der Waals surface area contributed by atoms with Crippen LogP contribution in [0.2, 0.25) is 5.02 Å². The largest absolute Gasteiger partial charge is 0.362 e. The third-order valence-electron chi connectivity index (χ3n) is 2.80. The molecule has 1 heterocycles. The summed E-state index contributed by atoms with van der Waals surface area (Å²) in [6.45, 7) is 4.65. The number of hydrogen-bond donors (Lipinski definition) is 2. The molecule has 2 N–H and O–H groups in total. The average molecular weight is 295 g/mol. The van der Waals surface area contributed by atoms with Gasteiger partial charge < -0.3 is 10.6 Å². The topological polar surface area (TPSA) is 49.8 Å². The molecule has 0 saturated heterocycles. The van der Waals surface area contributed by atoms with Gasteiger partial charge in [0.05, 0.1) is 6.20 Å². The van der Waals surface area contributed by atoms with Crippen molar-refractivity contribution in [2.45, 2.75) is 19.9 Å². The Hall–Kier alpha value is -1.88. The fourth-order valence-corrected chi connectivity index (χ4v) is 1.90. The minimum atomic E-state index is -0.254. The molecule has 20 heavy (non-hydrogen) atoms. The third-order valence-corrected chi connectivity index (χ3v) is 3.08. The van der Waals surface area contributed by atoms with E-state index in [1.165, 1.54) is 12.1 Å². The molecule has 0 radical (unpaired) electrons. The molecule has 1 atom stereocenters. The van der Waals surface area contributed by atoms with Crippen LogP contribution in [0.4, 0.5) is 16.2 Å². The molecule has 0 amide bonds. The van der Waals surface area contributed by atoms with E-state index in [9.17, 15) is 4.39 Å². The lowest BCUT2D eigenvalue weighted by atomic mass is 10.1. The lowest BCUT2D eigenvalue weighted by molar-refractivity contribution is 0.626. The van der Waals surface area contributed by atoms with Crippen molar-refractivity contribution in [1.29, 1.82) is 0 Å². The smallest absolute Gasteiger partial charge is 0.224 e. The Kier molecular flexibility index (Phi) is 4.74. The number of aromatic nitrogens is 2. The Balaban J connectivity index is 2.16. The lowest BCUT2D eigenvalue weighted by Gasteiger charge is -2.16. The molecule has 0 aliphatic carbocycles. The van der Waals surface area contributed by atoms with E-state index >= 15 is 0 Å². The van der Waals surface area contributed by atoms with Gasteiger partial charge in [-0.15, -0.1) is 0 Å². The highest BCUT2D eigenvalue weighted by atomic mass is 35.5. The van der Waals surface area contributed by atoms with Crippen LogP contribution in [0.3, 0.4) is 0 Å². The second kappa shape index (κ2) is 6.52. The van der Waals surface area contributed by atoms with Gasteiger partial charge in [0.2, 0.25) is 5.95 Å². The molecule has 0 saturated carbocycles. The predicted molar refractivity (Wildman–Crippen MR) is 79.6 cm³/mol. The van der Waals surface area contributed by atoms with Crippen molar-refractivity contribution in [2.75, 3.05) is 17.2 Å². The molecule has 106 valence electrons. The van der Waals surface area contributed by atoms with Gasteiger partial charge in [-0.05, 0) is 31.5 Å². The predicted octanol–water partition coefficient (Wildman–Crippen LogP) is 3.87. The number of anilines is 2. The number of nitrogens with one attached hydrogen (secondary N) is 2. The second-order valence-electron chi connectivity index (χ2n) is 4.34. The molecule has 0 aliphatic heterocycles. The molecule has 4 nitrogen and oxygen atoms in total. The van der Waals surface area contributed by atoms with Crippen molar-refractivity contribution in [3.05, 3.63) is 46.9 Å². The van der Waals surface area contributed by atoms with Crippen LogP contribution < -0.4 is 10.6 Å². The Morgan fingerprint density at radius 1 is 1.30 bits per heavy atom. The van der Waals surface area contributed by atoms with Crippen LogP contribution in [-0.4, -0.2) is 16.5 Å². The van der Waals surface area contributed by atoms with E-state index in [4.69, 9.17) is 11.6 Å². The molecule has 1 aromatic carbocycles. The van der Waals surface area contributed by atoms with Crippen molar-refractivity contribution < 1.29 is 4.39 Å². The van der Waals surface area contributed by atoms with Gasteiger partial charge in [-0.25, -0.2) is 9.37 Å². The Morgan fingerprint density at radius 3 is 2.65 bits per heavy atom. The van der Waals surface area contributed by atoms with E-state index < -0.39 is 0 Å². The fourth-order valence-electron chi connectivity index (χ4n) is 1.75. The van der Waals surface area contributed by atoms with Crippen LogP contribution in [0.5, 0.6) is 0 Å². The van der Waals surface area contributed by atoms with Crippen LogP contribution in [0.25, 0.3) is 0 Å². The first kappa shape index (κ1) is 14.5. The Bertz CT molecular complexity index is 574. The van der Waals surface area contributed by atoms with Crippen LogP contribution in [0, 0.1) is 5.82 Å². The van der Waals surface area contributed by atoms with Crippen molar-refractivity contribution in [2.24, 2.45) is 0 Å². The normalized spacial score (nSPS) is 12.0. The summed E-state index contributed by atoms with van der Waals surface area (Å²) < 4.78 is 12.9. The number of nitrogens with zero attached hydrogens (tertiary/aromatic N) is 2. The van der Waals surface area contributed by atoms with E-state index in [0.29, 0.717) is 16.8 Å². The zero-order chi connectivity index (χ0) is 14.5. The molecule has 0 aliphatic rings. The highest BCUT2D eigenvalue weighted by Crippen LogP contribution is 2.24. The van der Waals surface area contributed by atoms with E-state index in [1.807, 2.05) is 13.8 Å². The van der Waals surface area contributed by atoms with Gasteiger partial charge >= 0.3 is 0 Å². The summed E-state index contributed by atoms with van der Waals surface area (Å²) in [7, 11) is 0. The minimum absolute atomic E-state index is 0.0440. The summed E-state index contributed by atoms with van der Waals surface area (Å²) >= 11 is 6.08. The van der Waals surface area contributed by atoms with Crippen LogP contribution in [0.1, 0.15) is 25.5 Å².